The number of hydrogen-bond donors (Lipinski definition) is 1. The Labute approximate surface area is 139 Å². The molecule has 24 heavy (non-hydrogen) atoms. The van der Waals surface area contributed by atoms with Crippen molar-refractivity contribution < 1.29 is 14.2 Å². The first kappa shape index (κ1) is 16.1. The molecular formula is C19H17FN2O2. The van der Waals surface area contributed by atoms with Crippen molar-refractivity contribution in [2.24, 2.45) is 0 Å². The Morgan fingerprint density at radius 1 is 1.08 bits per heavy atom. The third-order valence-corrected chi connectivity index (χ3v) is 3.79. The number of nitrogens with zero attached hydrogens (tertiary/aromatic N) is 2. The Morgan fingerprint density at radius 3 is 2.46 bits per heavy atom. The van der Waals surface area contributed by atoms with Gasteiger partial charge in [0.2, 0.25) is 0 Å². The van der Waals surface area contributed by atoms with Crippen LogP contribution in [0.1, 0.15) is 17.4 Å². The molecule has 0 saturated carbocycles. The smallest absolute Gasteiger partial charge is 0.165 e. The van der Waals surface area contributed by atoms with Crippen LogP contribution in [0.15, 0.2) is 61.1 Å². The van der Waals surface area contributed by atoms with Gasteiger partial charge in [-0.2, -0.15) is 0 Å². The van der Waals surface area contributed by atoms with Gasteiger partial charge in [-0.15, -0.1) is 0 Å². The van der Waals surface area contributed by atoms with Crippen LogP contribution in [0.2, 0.25) is 0 Å². The maximum absolute atomic E-state index is 13.8. The van der Waals surface area contributed by atoms with Crippen molar-refractivity contribution in [2.45, 2.75) is 12.5 Å². The van der Waals surface area contributed by atoms with Crippen LogP contribution < -0.4 is 4.74 Å². The van der Waals surface area contributed by atoms with E-state index in [-0.39, 0.29) is 5.75 Å². The number of rotatable bonds is 5. The fraction of sp³-hybridized carbons (Fsp3) is 0.158. The standard InChI is InChI=1S/C19H17FN2O2/c1-24-19-5-3-14(11-16(19)20)15-2-4-17(22-12-15)18(23)10-13-6-8-21-9-7-13/h2-9,11-12,18,23H,10H2,1H3. The molecule has 0 aliphatic rings. The van der Waals surface area contributed by atoms with E-state index in [1.165, 1.54) is 13.2 Å². The highest BCUT2D eigenvalue weighted by Gasteiger charge is 2.11. The minimum absolute atomic E-state index is 0.205. The number of halogens is 1. The van der Waals surface area contributed by atoms with E-state index in [1.54, 1.807) is 36.8 Å². The average Bonchev–Trinajstić information content (AvgIpc) is 2.62. The summed E-state index contributed by atoms with van der Waals surface area (Å²) < 4.78 is 18.7. The maximum atomic E-state index is 13.8. The minimum atomic E-state index is -0.700. The highest BCUT2D eigenvalue weighted by molar-refractivity contribution is 5.63. The summed E-state index contributed by atoms with van der Waals surface area (Å²) in [5.41, 5.74) is 3.04. The van der Waals surface area contributed by atoms with Crippen LogP contribution in [0.5, 0.6) is 5.75 Å². The molecule has 122 valence electrons. The predicted molar refractivity (Wildman–Crippen MR) is 89.1 cm³/mol. The summed E-state index contributed by atoms with van der Waals surface area (Å²) in [6.45, 7) is 0. The van der Waals surface area contributed by atoms with Gasteiger partial charge in [0.1, 0.15) is 0 Å². The molecule has 1 aromatic carbocycles. The lowest BCUT2D eigenvalue weighted by Crippen LogP contribution is -2.04. The van der Waals surface area contributed by atoms with Crippen LogP contribution in [0, 0.1) is 5.82 Å². The van der Waals surface area contributed by atoms with Crippen LogP contribution in [-0.4, -0.2) is 22.2 Å². The van der Waals surface area contributed by atoms with Gasteiger partial charge in [-0.3, -0.25) is 9.97 Å². The normalized spacial score (nSPS) is 12.0. The van der Waals surface area contributed by atoms with Crippen LogP contribution in [0.3, 0.4) is 0 Å². The van der Waals surface area contributed by atoms with Gasteiger partial charge in [-0.05, 0) is 41.5 Å². The molecule has 2 heterocycles. The number of aliphatic hydroxyl groups excluding tert-OH is 1. The summed E-state index contributed by atoms with van der Waals surface area (Å²) in [5, 5.41) is 10.3. The Hall–Kier alpha value is -2.79. The molecule has 0 amide bonds. The van der Waals surface area contributed by atoms with Gasteiger partial charge in [0, 0.05) is 30.6 Å². The van der Waals surface area contributed by atoms with Gasteiger partial charge in [0.25, 0.3) is 0 Å². The molecule has 0 radical (unpaired) electrons. The first-order valence-electron chi connectivity index (χ1n) is 7.54. The van der Waals surface area contributed by atoms with E-state index in [2.05, 4.69) is 9.97 Å². The quantitative estimate of drug-likeness (QED) is 0.779. The van der Waals surface area contributed by atoms with Gasteiger partial charge < -0.3 is 9.84 Å². The molecule has 0 spiro atoms. The fourth-order valence-electron chi connectivity index (χ4n) is 2.47. The summed E-state index contributed by atoms with van der Waals surface area (Å²) in [5.74, 6) is -0.215. The Bertz CT molecular complexity index is 807. The van der Waals surface area contributed by atoms with E-state index in [0.29, 0.717) is 17.7 Å². The Morgan fingerprint density at radius 2 is 1.83 bits per heavy atom. The molecule has 1 N–H and O–H groups in total. The van der Waals surface area contributed by atoms with Crippen molar-refractivity contribution in [3.8, 4) is 16.9 Å². The molecule has 0 aliphatic carbocycles. The highest BCUT2D eigenvalue weighted by Crippen LogP contribution is 2.26. The van der Waals surface area contributed by atoms with E-state index in [0.717, 1.165) is 11.1 Å². The zero-order chi connectivity index (χ0) is 16.9. The molecule has 0 aliphatic heterocycles. The first-order valence-corrected chi connectivity index (χ1v) is 7.54. The molecular weight excluding hydrogens is 307 g/mol. The van der Waals surface area contributed by atoms with Crippen molar-refractivity contribution in [2.75, 3.05) is 7.11 Å². The molecule has 0 fully saturated rings. The van der Waals surface area contributed by atoms with Gasteiger partial charge in [-0.1, -0.05) is 12.1 Å². The largest absolute Gasteiger partial charge is 0.494 e. The molecule has 3 rings (SSSR count). The van der Waals surface area contributed by atoms with Crippen molar-refractivity contribution in [3.63, 3.8) is 0 Å². The molecule has 1 atom stereocenters. The molecule has 0 bridgehead atoms. The summed E-state index contributed by atoms with van der Waals surface area (Å²) in [6, 6.07) is 12.0. The predicted octanol–water partition coefficient (Wildman–Crippen LogP) is 3.57. The lowest BCUT2D eigenvalue weighted by atomic mass is 10.0. The Balaban J connectivity index is 1.76. The molecule has 0 saturated heterocycles. The average molecular weight is 324 g/mol. The van der Waals surface area contributed by atoms with Crippen molar-refractivity contribution in [1.82, 2.24) is 9.97 Å². The third kappa shape index (κ3) is 3.58. The SMILES string of the molecule is COc1ccc(-c2ccc(C(O)Cc3ccncc3)nc2)cc1F. The number of hydrogen-bond acceptors (Lipinski definition) is 4. The number of benzene rings is 1. The van der Waals surface area contributed by atoms with Gasteiger partial charge in [0.15, 0.2) is 11.6 Å². The second kappa shape index (κ2) is 7.19. The number of aromatic nitrogens is 2. The van der Waals surface area contributed by atoms with Crippen molar-refractivity contribution >= 4 is 0 Å². The second-order valence-electron chi connectivity index (χ2n) is 5.40. The summed E-state index contributed by atoms with van der Waals surface area (Å²) in [7, 11) is 1.43. The van der Waals surface area contributed by atoms with Crippen LogP contribution in [0.4, 0.5) is 4.39 Å². The minimum Gasteiger partial charge on any atom is -0.494 e. The van der Waals surface area contributed by atoms with Crippen LogP contribution in [0.25, 0.3) is 11.1 Å². The highest BCUT2D eigenvalue weighted by atomic mass is 19.1. The zero-order valence-corrected chi connectivity index (χ0v) is 13.2. The molecule has 3 aromatic rings. The summed E-state index contributed by atoms with van der Waals surface area (Å²) >= 11 is 0. The third-order valence-electron chi connectivity index (χ3n) is 3.79. The topological polar surface area (TPSA) is 55.2 Å². The first-order chi connectivity index (χ1) is 11.7. The molecule has 5 heteroatoms. The lowest BCUT2D eigenvalue weighted by molar-refractivity contribution is 0.173. The van der Waals surface area contributed by atoms with E-state index in [4.69, 9.17) is 4.74 Å². The molecule has 2 aromatic heterocycles. The number of aliphatic hydroxyl groups is 1. The summed E-state index contributed by atoms with van der Waals surface area (Å²) in [6.07, 6.45) is 4.78. The maximum Gasteiger partial charge on any atom is 0.165 e. The summed E-state index contributed by atoms with van der Waals surface area (Å²) in [4.78, 5) is 8.26. The Kier molecular flexibility index (Phi) is 4.82. The lowest BCUT2D eigenvalue weighted by Gasteiger charge is -2.11. The second-order valence-corrected chi connectivity index (χ2v) is 5.40. The monoisotopic (exact) mass is 324 g/mol. The number of methoxy groups -OCH3 is 1. The number of ether oxygens (including phenoxy) is 1. The van der Waals surface area contributed by atoms with Gasteiger partial charge in [0.05, 0.1) is 18.9 Å². The van der Waals surface area contributed by atoms with Gasteiger partial charge >= 0.3 is 0 Å². The van der Waals surface area contributed by atoms with Crippen molar-refractivity contribution in [1.29, 1.82) is 0 Å². The van der Waals surface area contributed by atoms with Crippen molar-refractivity contribution in [3.05, 3.63) is 78.1 Å². The molecule has 1 unspecified atom stereocenters. The zero-order valence-electron chi connectivity index (χ0n) is 13.2. The van der Waals surface area contributed by atoms with Crippen LogP contribution in [-0.2, 0) is 6.42 Å². The van der Waals surface area contributed by atoms with E-state index >= 15 is 0 Å². The number of pyridine rings is 2. The van der Waals surface area contributed by atoms with E-state index < -0.39 is 11.9 Å². The van der Waals surface area contributed by atoms with Gasteiger partial charge in [-0.25, -0.2) is 4.39 Å². The van der Waals surface area contributed by atoms with E-state index in [9.17, 15) is 9.50 Å². The van der Waals surface area contributed by atoms with E-state index in [1.807, 2.05) is 18.2 Å². The van der Waals surface area contributed by atoms with Crippen LogP contribution >= 0.6 is 0 Å². The molecule has 4 nitrogen and oxygen atoms in total. The fourth-order valence-corrected chi connectivity index (χ4v) is 2.47.